The molecule has 0 aromatic heterocycles. The lowest BCUT2D eigenvalue weighted by atomic mass is 10.1. The Morgan fingerprint density at radius 3 is 2.21 bits per heavy atom. The van der Waals surface area contributed by atoms with Crippen LogP contribution >= 0.6 is 12.2 Å². The van der Waals surface area contributed by atoms with E-state index >= 15 is 0 Å². The van der Waals surface area contributed by atoms with Crippen molar-refractivity contribution in [3.8, 4) is 5.75 Å². The normalized spacial score (nSPS) is 10.1. The first kappa shape index (κ1) is 22.4. The molecule has 0 heterocycles. The molecule has 29 heavy (non-hydrogen) atoms. The van der Waals surface area contributed by atoms with Crippen LogP contribution in [0.1, 0.15) is 53.3 Å². The Labute approximate surface area is 176 Å². The van der Waals surface area contributed by atoms with Crippen LogP contribution in [0.5, 0.6) is 5.75 Å². The number of unbranched alkanes of at least 4 members (excludes halogenated alkanes) is 3. The van der Waals surface area contributed by atoms with E-state index in [9.17, 15) is 9.59 Å². The summed E-state index contributed by atoms with van der Waals surface area (Å²) in [6.07, 6.45) is 4.65. The minimum atomic E-state index is -0.456. The molecule has 0 aliphatic heterocycles. The van der Waals surface area contributed by atoms with E-state index in [0.717, 1.165) is 17.9 Å². The largest absolute Gasteiger partial charge is 0.494 e. The van der Waals surface area contributed by atoms with Gasteiger partial charge in [0.15, 0.2) is 5.11 Å². The molecule has 0 fully saturated rings. The van der Waals surface area contributed by atoms with Gasteiger partial charge in [-0.05, 0) is 67.2 Å². The smallest absolute Gasteiger partial charge is 0.337 e. The second-order valence-electron chi connectivity index (χ2n) is 6.41. The van der Waals surface area contributed by atoms with Gasteiger partial charge in [-0.15, -0.1) is 0 Å². The Kier molecular flexibility index (Phi) is 9.11. The minimum Gasteiger partial charge on any atom is -0.494 e. The molecule has 0 spiro atoms. The summed E-state index contributed by atoms with van der Waals surface area (Å²) in [5.74, 6) is -0.0267. The van der Waals surface area contributed by atoms with Crippen molar-refractivity contribution in [1.29, 1.82) is 0 Å². The number of nitrogens with one attached hydrogen (secondary N) is 2. The van der Waals surface area contributed by atoms with Crippen molar-refractivity contribution >= 4 is 34.9 Å². The summed E-state index contributed by atoms with van der Waals surface area (Å²) in [6.45, 7) is 2.89. The van der Waals surface area contributed by atoms with Crippen LogP contribution in [0.3, 0.4) is 0 Å². The van der Waals surface area contributed by atoms with Crippen LogP contribution in [0, 0.1) is 0 Å². The van der Waals surface area contributed by atoms with E-state index in [4.69, 9.17) is 17.0 Å². The topological polar surface area (TPSA) is 76.7 Å². The first-order valence-corrected chi connectivity index (χ1v) is 9.98. The number of amides is 1. The number of carbonyl (C=O) groups excluding carboxylic acids is 2. The number of carbonyl (C=O) groups is 2. The summed E-state index contributed by atoms with van der Waals surface area (Å²) in [5, 5.41) is 5.75. The molecule has 6 nitrogen and oxygen atoms in total. The van der Waals surface area contributed by atoms with Crippen LogP contribution in [-0.4, -0.2) is 30.7 Å². The van der Waals surface area contributed by atoms with Crippen molar-refractivity contribution in [2.45, 2.75) is 32.6 Å². The van der Waals surface area contributed by atoms with Crippen molar-refractivity contribution in [3.63, 3.8) is 0 Å². The summed E-state index contributed by atoms with van der Waals surface area (Å²) >= 11 is 5.19. The van der Waals surface area contributed by atoms with Crippen molar-refractivity contribution < 1.29 is 19.1 Å². The van der Waals surface area contributed by atoms with Crippen LogP contribution in [0.2, 0.25) is 0 Å². The highest BCUT2D eigenvalue weighted by molar-refractivity contribution is 7.80. The third-order valence-corrected chi connectivity index (χ3v) is 4.38. The molecular weight excluding hydrogens is 388 g/mol. The zero-order valence-corrected chi connectivity index (χ0v) is 17.5. The molecule has 7 heteroatoms. The van der Waals surface area contributed by atoms with Crippen LogP contribution in [0.4, 0.5) is 5.69 Å². The Hall–Kier alpha value is -2.93. The van der Waals surface area contributed by atoms with Gasteiger partial charge in [-0.3, -0.25) is 10.1 Å². The van der Waals surface area contributed by atoms with Crippen molar-refractivity contribution in [2.75, 3.05) is 19.0 Å². The van der Waals surface area contributed by atoms with Crippen LogP contribution in [0.25, 0.3) is 0 Å². The zero-order valence-electron chi connectivity index (χ0n) is 16.7. The van der Waals surface area contributed by atoms with E-state index in [1.807, 2.05) is 24.3 Å². The molecule has 0 unspecified atom stereocenters. The molecule has 0 saturated carbocycles. The first-order chi connectivity index (χ1) is 14.0. The highest BCUT2D eigenvalue weighted by atomic mass is 32.1. The van der Waals surface area contributed by atoms with Crippen molar-refractivity contribution in [2.24, 2.45) is 0 Å². The van der Waals surface area contributed by atoms with Gasteiger partial charge in [-0.2, -0.15) is 0 Å². The average molecular weight is 415 g/mol. The van der Waals surface area contributed by atoms with Gasteiger partial charge in [0.2, 0.25) is 0 Å². The number of hydrogen-bond donors (Lipinski definition) is 2. The lowest BCUT2D eigenvalue weighted by Gasteiger charge is -2.11. The number of ether oxygens (including phenoxy) is 2. The van der Waals surface area contributed by atoms with Gasteiger partial charge < -0.3 is 14.8 Å². The van der Waals surface area contributed by atoms with Gasteiger partial charge in [0, 0.05) is 11.3 Å². The molecule has 0 aliphatic rings. The van der Waals surface area contributed by atoms with Crippen molar-refractivity contribution in [1.82, 2.24) is 5.32 Å². The summed E-state index contributed by atoms with van der Waals surface area (Å²) in [7, 11) is 1.30. The molecule has 154 valence electrons. The lowest BCUT2D eigenvalue weighted by molar-refractivity contribution is 0.0600. The zero-order chi connectivity index (χ0) is 21.1. The van der Waals surface area contributed by atoms with Gasteiger partial charge >= 0.3 is 5.97 Å². The van der Waals surface area contributed by atoms with Crippen LogP contribution in [-0.2, 0) is 4.74 Å². The number of rotatable bonds is 9. The second-order valence-corrected chi connectivity index (χ2v) is 6.82. The van der Waals surface area contributed by atoms with E-state index in [1.54, 1.807) is 0 Å². The Morgan fingerprint density at radius 2 is 1.59 bits per heavy atom. The maximum atomic E-state index is 12.3. The van der Waals surface area contributed by atoms with Gasteiger partial charge in [-0.25, -0.2) is 4.79 Å². The predicted octanol–water partition coefficient (Wildman–Crippen LogP) is 4.56. The summed E-state index contributed by atoms with van der Waals surface area (Å²) in [5.41, 5.74) is 1.50. The molecule has 2 N–H and O–H groups in total. The fourth-order valence-electron chi connectivity index (χ4n) is 2.57. The van der Waals surface area contributed by atoms with Crippen LogP contribution < -0.4 is 15.4 Å². The van der Waals surface area contributed by atoms with Gasteiger partial charge in [0.1, 0.15) is 5.75 Å². The molecule has 0 aliphatic carbocycles. The molecule has 0 radical (unpaired) electrons. The average Bonchev–Trinajstić information content (AvgIpc) is 2.74. The molecule has 0 bridgehead atoms. The number of methoxy groups -OCH3 is 1. The summed E-state index contributed by atoms with van der Waals surface area (Å²) in [4.78, 5) is 23.7. The quantitative estimate of drug-likeness (QED) is 0.356. The predicted molar refractivity (Wildman–Crippen MR) is 118 cm³/mol. The Morgan fingerprint density at radius 1 is 0.931 bits per heavy atom. The van der Waals surface area contributed by atoms with E-state index in [2.05, 4.69) is 22.3 Å². The third kappa shape index (κ3) is 7.54. The monoisotopic (exact) mass is 414 g/mol. The van der Waals surface area contributed by atoms with Gasteiger partial charge in [-0.1, -0.05) is 26.2 Å². The van der Waals surface area contributed by atoms with Crippen LogP contribution in [0.15, 0.2) is 48.5 Å². The SMILES string of the molecule is CCCCCCOc1ccc(NC(=S)NC(=O)c2ccc(C(=O)OC)cc2)cc1. The van der Waals surface area contributed by atoms with E-state index < -0.39 is 5.97 Å². The molecule has 2 aromatic rings. The summed E-state index contributed by atoms with van der Waals surface area (Å²) < 4.78 is 10.3. The van der Waals surface area contributed by atoms with Gasteiger partial charge in [0.25, 0.3) is 5.91 Å². The molecule has 2 rings (SSSR count). The Bertz CT molecular complexity index is 820. The lowest BCUT2D eigenvalue weighted by Crippen LogP contribution is -2.34. The number of anilines is 1. The maximum Gasteiger partial charge on any atom is 0.337 e. The summed E-state index contributed by atoms with van der Waals surface area (Å²) in [6, 6.07) is 13.5. The highest BCUT2D eigenvalue weighted by Gasteiger charge is 2.10. The number of thiocarbonyl (C=S) groups is 1. The number of hydrogen-bond acceptors (Lipinski definition) is 5. The fourth-order valence-corrected chi connectivity index (χ4v) is 2.78. The van der Waals surface area contributed by atoms with Gasteiger partial charge in [0.05, 0.1) is 19.3 Å². The number of esters is 1. The maximum absolute atomic E-state index is 12.3. The van der Waals surface area contributed by atoms with E-state index in [-0.39, 0.29) is 11.0 Å². The molecule has 0 saturated heterocycles. The first-order valence-electron chi connectivity index (χ1n) is 9.57. The number of benzene rings is 2. The Balaban J connectivity index is 1.80. The highest BCUT2D eigenvalue weighted by Crippen LogP contribution is 2.16. The minimum absolute atomic E-state index is 0.181. The molecular formula is C22H26N2O4S. The molecule has 2 aromatic carbocycles. The molecule has 1 amide bonds. The standard InChI is InChI=1S/C22H26N2O4S/c1-3-4-5-6-15-28-19-13-11-18(12-14-19)23-22(29)24-20(25)16-7-9-17(10-8-16)21(26)27-2/h7-14H,3-6,15H2,1-2H3,(H2,23,24,25,29). The second kappa shape index (κ2) is 11.8. The molecule has 0 atom stereocenters. The fraction of sp³-hybridized carbons (Fsp3) is 0.318. The third-order valence-electron chi connectivity index (χ3n) is 4.17. The van der Waals surface area contributed by atoms with E-state index in [1.165, 1.54) is 50.6 Å². The van der Waals surface area contributed by atoms with Crippen molar-refractivity contribution in [3.05, 3.63) is 59.7 Å². The van der Waals surface area contributed by atoms with E-state index in [0.29, 0.717) is 17.7 Å².